The minimum absolute atomic E-state index is 0.0756. The topological polar surface area (TPSA) is 57.2 Å². The Balaban J connectivity index is 1.51. The van der Waals surface area contributed by atoms with Crippen LogP contribution < -0.4 is 18.9 Å². The summed E-state index contributed by atoms with van der Waals surface area (Å²) in [4.78, 5) is 16.6. The Hall–Kier alpha value is -3.19. The molecule has 6 nitrogen and oxygen atoms in total. The summed E-state index contributed by atoms with van der Waals surface area (Å²) in [6.45, 7) is 0.785. The van der Waals surface area contributed by atoms with E-state index in [1.807, 2.05) is 52.7 Å². The molecule has 3 aromatic rings. The molecule has 2 atom stereocenters. The summed E-state index contributed by atoms with van der Waals surface area (Å²) < 4.78 is 22.9. The van der Waals surface area contributed by atoms with E-state index < -0.39 is 6.10 Å². The summed E-state index contributed by atoms with van der Waals surface area (Å²) >= 11 is 1.63. The van der Waals surface area contributed by atoms with Crippen LogP contribution in [0.3, 0.4) is 0 Å². The van der Waals surface area contributed by atoms with Crippen LogP contribution in [-0.2, 0) is 11.2 Å². The van der Waals surface area contributed by atoms with Gasteiger partial charge in [-0.25, -0.2) is 0 Å². The van der Waals surface area contributed by atoms with Crippen LogP contribution in [0.4, 0.5) is 0 Å². The van der Waals surface area contributed by atoms with Crippen molar-refractivity contribution in [3.63, 3.8) is 0 Å². The van der Waals surface area contributed by atoms with Crippen LogP contribution >= 0.6 is 11.3 Å². The standard InChI is InChI=1S/C24H23NO5S/c1-27-19-12-15-9-10-25(23(22-8-5-11-31-22)16(15)13-20(19)28-2)24(26)21-14-29-17-6-3-4-7-18(17)30-21/h3-8,11-13,21,23H,9-10,14H2,1-2H3/t21-,23+/m0/s1. The number of para-hydroxylation sites is 2. The highest BCUT2D eigenvalue weighted by molar-refractivity contribution is 7.10. The molecular formula is C24H23NO5S. The number of carbonyl (C=O) groups is 1. The van der Waals surface area contributed by atoms with Crippen molar-refractivity contribution in [1.82, 2.24) is 4.90 Å². The second kappa shape index (κ2) is 8.15. The molecule has 1 amide bonds. The van der Waals surface area contributed by atoms with Crippen molar-refractivity contribution in [2.75, 3.05) is 27.4 Å². The Bertz CT molecular complexity index is 1100. The first-order chi connectivity index (χ1) is 15.2. The van der Waals surface area contributed by atoms with Gasteiger partial charge in [-0.15, -0.1) is 11.3 Å². The van der Waals surface area contributed by atoms with E-state index in [4.69, 9.17) is 18.9 Å². The Kier molecular flexibility index (Phi) is 5.19. The molecule has 7 heteroatoms. The number of carbonyl (C=O) groups excluding carboxylic acids is 1. The van der Waals surface area contributed by atoms with Gasteiger partial charge in [0.15, 0.2) is 23.0 Å². The lowest BCUT2D eigenvalue weighted by atomic mass is 9.90. The summed E-state index contributed by atoms with van der Waals surface area (Å²) in [6.07, 6.45) is 0.0482. The smallest absolute Gasteiger partial charge is 0.268 e. The van der Waals surface area contributed by atoms with E-state index in [-0.39, 0.29) is 18.6 Å². The van der Waals surface area contributed by atoms with Gasteiger partial charge in [0.2, 0.25) is 6.10 Å². The zero-order valence-corrected chi connectivity index (χ0v) is 18.2. The van der Waals surface area contributed by atoms with Gasteiger partial charge in [-0.3, -0.25) is 4.79 Å². The average molecular weight is 438 g/mol. The molecule has 5 rings (SSSR count). The summed E-state index contributed by atoms with van der Waals surface area (Å²) in [5, 5.41) is 2.03. The molecule has 0 fully saturated rings. The maximum atomic E-state index is 13.6. The molecule has 2 aliphatic heterocycles. The number of thiophene rings is 1. The Morgan fingerprint density at radius 3 is 2.58 bits per heavy atom. The van der Waals surface area contributed by atoms with Gasteiger partial charge in [-0.05, 0) is 53.3 Å². The largest absolute Gasteiger partial charge is 0.493 e. The molecule has 3 heterocycles. The maximum Gasteiger partial charge on any atom is 0.268 e. The van der Waals surface area contributed by atoms with E-state index in [0.717, 1.165) is 22.4 Å². The Morgan fingerprint density at radius 1 is 1.06 bits per heavy atom. The van der Waals surface area contributed by atoms with E-state index in [1.165, 1.54) is 0 Å². The second-order valence-corrected chi connectivity index (χ2v) is 8.45. The number of hydrogen-bond donors (Lipinski definition) is 0. The Labute approximate surface area is 184 Å². The van der Waals surface area contributed by atoms with E-state index in [2.05, 4.69) is 6.07 Å². The zero-order chi connectivity index (χ0) is 21.4. The average Bonchev–Trinajstić information content (AvgIpc) is 3.36. The monoisotopic (exact) mass is 437 g/mol. The van der Waals surface area contributed by atoms with Gasteiger partial charge in [0.25, 0.3) is 5.91 Å². The van der Waals surface area contributed by atoms with Gasteiger partial charge >= 0.3 is 0 Å². The molecule has 2 aromatic carbocycles. The van der Waals surface area contributed by atoms with Gasteiger partial charge in [-0.2, -0.15) is 0 Å². The molecule has 0 spiro atoms. The van der Waals surface area contributed by atoms with Crippen LogP contribution in [-0.4, -0.2) is 44.3 Å². The molecule has 0 radical (unpaired) electrons. The third-order valence-electron chi connectivity index (χ3n) is 5.75. The van der Waals surface area contributed by atoms with Crippen molar-refractivity contribution in [2.45, 2.75) is 18.6 Å². The maximum absolute atomic E-state index is 13.6. The SMILES string of the molecule is COc1cc2c(cc1OC)[C@H](c1cccs1)N(C(=O)[C@@H]1COc3ccccc3O1)CC2. The first kappa shape index (κ1) is 19.8. The Morgan fingerprint density at radius 2 is 1.84 bits per heavy atom. The van der Waals surface area contributed by atoms with Crippen LogP contribution in [0.5, 0.6) is 23.0 Å². The van der Waals surface area contributed by atoms with Gasteiger partial charge in [0.1, 0.15) is 6.61 Å². The van der Waals surface area contributed by atoms with E-state index in [1.54, 1.807) is 25.6 Å². The van der Waals surface area contributed by atoms with Crippen molar-refractivity contribution in [2.24, 2.45) is 0 Å². The van der Waals surface area contributed by atoms with E-state index >= 15 is 0 Å². The van der Waals surface area contributed by atoms with Crippen LogP contribution in [0, 0.1) is 0 Å². The van der Waals surface area contributed by atoms with E-state index in [9.17, 15) is 4.79 Å². The highest BCUT2D eigenvalue weighted by Gasteiger charge is 2.39. The molecule has 0 N–H and O–H groups in total. The minimum Gasteiger partial charge on any atom is -0.493 e. The number of ether oxygens (including phenoxy) is 4. The summed E-state index contributed by atoms with van der Waals surface area (Å²) in [6, 6.07) is 15.3. The van der Waals surface area contributed by atoms with E-state index in [0.29, 0.717) is 29.5 Å². The zero-order valence-electron chi connectivity index (χ0n) is 17.4. The molecular weight excluding hydrogens is 414 g/mol. The first-order valence-corrected chi connectivity index (χ1v) is 11.0. The molecule has 0 saturated heterocycles. The number of amides is 1. The first-order valence-electron chi connectivity index (χ1n) is 10.2. The minimum atomic E-state index is -0.681. The number of nitrogens with zero attached hydrogens (tertiary/aromatic N) is 1. The highest BCUT2D eigenvalue weighted by atomic mass is 32.1. The predicted octanol–water partition coefficient (Wildman–Crippen LogP) is 4.08. The van der Waals surface area contributed by atoms with Crippen LogP contribution in [0.15, 0.2) is 53.9 Å². The van der Waals surface area contributed by atoms with Gasteiger partial charge in [0, 0.05) is 11.4 Å². The molecule has 0 aliphatic carbocycles. The molecule has 0 bridgehead atoms. The van der Waals surface area contributed by atoms with Crippen molar-refractivity contribution in [1.29, 1.82) is 0 Å². The fraction of sp³-hybridized carbons (Fsp3) is 0.292. The number of benzene rings is 2. The lowest BCUT2D eigenvalue weighted by Crippen LogP contribution is -2.50. The van der Waals surface area contributed by atoms with Gasteiger partial charge in [-0.1, -0.05) is 18.2 Å². The fourth-order valence-electron chi connectivity index (χ4n) is 4.26. The number of fused-ring (bicyclic) bond motifs is 2. The molecule has 2 aliphatic rings. The fourth-order valence-corrected chi connectivity index (χ4v) is 5.12. The summed E-state index contributed by atoms with van der Waals surface area (Å²) in [5.74, 6) is 2.55. The van der Waals surface area contributed by atoms with Crippen LogP contribution in [0.1, 0.15) is 22.0 Å². The molecule has 0 saturated carbocycles. The lowest BCUT2D eigenvalue weighted by molar-refractivity contribution is -0.143. The molecule has 160 valence electrons. The van der Waals surface area contributed by atoms with Crippen LogP contribution in [0.2, 0.25) is 0 Å². The normalized spacial score (nSPS) is 19.5. The number of rotatable bonds is 4. The second-order valence-electron chi connectivity index (χ2n) is 7.47. The molecule has 1 aromatic heterocycles. The van der Waals surface area contributed by atoms with Gasteiger partial charge in [0.05, 0.1) is 20.3 Å². The highest BCUT2D eigenvalue weighted by Crippen LogP contribution is 2.43. The van der Waals surface area contributed by atoms with Gasteiger partial charge < -0.3 is 23.8 Å². The molecule has 0 unspecified atom stereocenters. The quantitative estimate of drug-likeness (QED) is 0.616. The number of methoxy groups -OCH3 is 2. The summed E-state index contributed by atoms with van der Waals surface area (Å²) in [7, 11) is 3.26. The van der Waals surface area contributed by atoms with Crippen molar-refractivity contribution in [3.05, 3.63) is 69.9 Å². The molecule has 31 heavy (non-hydrogen) atoms. The van der Waals surface area contributed by atoms with Crippen molar-refractivity contribution in [3.8, 4) is 23.0 Å². The third-order valence-corrected chi connectivity index (χ3v) is 6.68. The van der Waals surface area contributed by atoms with Crippen LogP contribution in [0.25, 0.3) is 0 Å². The van der Waals surface area contributed by atoms with Crippen molar-refractivity contribution < 1.29 is 23.7 Å². The predicted molar refractivity (Wildman–Crippen MR) is 117 cm³/mol. The third kappa shape index (κ3) is 3.49. The summed E-state index contributed by atoms with van der Waals surface area (Å²) in [5.41, 5.74) is 2.21. The van der Waals surface area contributed by atoms with Crippen molar-refractivity contribution >= 4 is 17.2 Å². The number of hydrogen-bond acceptors (Lipinski definition) is 6. The lowest BCUT2D eigenvalue weighted by Gasteiger charge is -2.39.